The average Bonchev–Trinajstić information content (AvgIpc) is 2.54. The van der Waals surface area contributed by atoms with Gasteiger partial charge in [-0.15, -0.1) is 0 Å². The lowest BCUT2D eigenvalue weighted by Crippen LogP contribution is -2.23. The van der Waals surface area contributed by atoms with Gasteiger partial charge in [0.15, 0.2) is 0 Å². The van der Waals surface area contributed by atoms with E-state index >= 15 is 0 Å². The zero-order valence-corrected chi connectivity index (χ0v) is 13.0. The minimum absolute atomic E-state index is 0.158. The lowest BCUT2D eigenvalue weighted by molar-refractivity contribution is -0.114. The molecule has 0 fully saturated rings. The second-order valence-electron chi connectivity index (χ2n) is 4.56. The number of halogens is 2. The summed E-state index contributed by atoms with van der Waals surface area (Å²) in [6.07, 6.45) is 0. The molecular formula is C16H14ClFN2O3. The van der Waals surface area contributed by atoms with E-state index in [-0.39, 0.29) is 22.8 Å². The first-order valence-electron chi connectivity index (χ1n) is 6.67. The van der Waals surface area contributed by atoms with E-state index in [1.807, 2.05) is 0 Å². The Morgan fingerprint density at radius 2 is 1.91 bits per heavy atom. The molecule has 0 atom stereocenters. The second kappa shape index (κ2) is 7.60. The summed E-state index contributed by atoms with van der Waals surface area (Å²) in [6, 6.07) is 10.5. The van der Waals surface area contributed by atoms with Gasteiger partial charge in [-0.2, -0.15) is 0 Å². The summed E-state index contributed by atoms with van der Waals surface area (Å²) in [5.41, 5.74) is 0.717. The highest BCUT2D eigenvalue weighted by atomic mass is 35.5. The molecular weight excluding hydrogens is 323 g/mol. The third kappa shape index (κ3) is 4.43. The van der Waals surface area contributed by atoms with Crippen molar-refractivity contribution in [2.45, 2.75) is 0 Å². The van der Waals surface area contributed by atoms with Crippen LogP contribution in [0.4, 0.5) is 15.8 Å². The molecule has 5 nitrogen and oxygen atoms in total. The van der Waals surface area contributed by atoms with E-state index in [0.717, 1.165) is 6.07 Å². The van der Waals surface area contributed by atoms with Crippen LogP contribution in [0.25, 0.3) is 0 Å². The van der Waals surface area contributed by atoms with Crippen LogP contribution in [0, 0.1) is 5.82 Å². The molecule has 0 saturated carbocycles. The van der Waals surface area contributed by atoms with Crippen molar-refractivity contribution in [3.63, 3.8) is 0 Å². The van der Waals surface area contributed by atoms with Crippen molar-refractivity contribution in [3.05, 3.63) is 58.9 Å². The normalized spacial score (nSPS) is 10.0. The highest BCUT2D eigenvalue weighted by Gasteiger charge is 2.13. The maximum absolute atomic E-state index is 13.6. The molecule has 2 aromatic rings. The van der Waals surface area contributed by atoms with Gasteiger partial charge < -0.3 is 15.4 Å². The Kier molecular flexibility index (Phi) is 5.54. The fraction of sp³-hybridized carbons (Fsp3) is 0.125. The molecule has 0 heterocycles. The number of carbonyl (C=O) groups is 2. The van der Waals surface area contributed by atoms with Gasteiger partial charge in [-0.1, -0.05) is 23.7 Å². The number of hydrogen-bond acceptors (Lipinski definition) is 4. The quantitative estimate of drug-likeness (QED) is 0.822. The molecule has 23 heavy (non-hydrogen) atoms. The van der Waals surface area contributed by atoms with Crippen LogP contribution in [-0.2, 0) is 9.53 Å². The van der Waals surface area contributed by atoms with Crippen molar-refractivity contribution in [1.82, 2.24) is 0 Å². The Labute approximate surface area is 137 Å². The van der Waals surface area contributed by atoms with Gasteiger partial charge >= 0.3 is 5.97 Å². The lowest BCUT2D eigenvalue weighted by Gasteiger charge is -2.11. The van der Waals surface area contributed by atoms with Crippen LogP contribution in [-0.4, -0.2) is 25.5 Å². The number of esters is 1. The van der Waals surface area contributed by atoms with Crippen molar-refractivity contribution in [3.8, 4) is 0 Å². The number of carbonyl (C=O) groups excluding carboxylic acids is 2. The smallest absolute Gasteiger partial charge is 0.339 e. The van der Waals surface area contributed by atoms with Crippen LogP contribution in [0.5, 0.6) is 0 Å². The summed E-state index contributed by atoms with van der Waals surface area (Å²) in [5.74, 6) is -1.55. The molecule has 2 rings (SSSR count). The number of rotatable bonds is 5. The zero-order chi connectivity index (χ0) is 16.8. The van der Waals surface area contributed by atoms with Gasteiger partial charge in [-0.3, -0.25) is 4.79 Å². The first kappa shape index (κ1) is 16.8. The summed E-state index contributed by atoms with van der Waals surface area (Å²) in [4.78, 5) is 23.6. The third-order valence-electron chi connectivity index (χ3n) is 2.98. The largest absolute Gasteiger partial charge is 0.465 e. The highest BCUT2D eigenvalue weighted by Crippen LogP contribution is 2.19. The maximum atomic E-state index is 13.6. The summed E-state index contributed by atoms with van der Waals surface area (Å²) < 4.78 is 18.3. The van der Waals surface area contributed by atoms with Crippen molar-refractivity contribution in [1.29, 1.82) is 0 Å². The second-order valence-corrected chi connectivity index (χ2v) is 5.00. The van der Waals surface area contributed by atoms with Crippen molar-refractivity contribution in [2.75, 3.05) is 24.3 Å². The molecule has 0 bridgehead atoms. The van der Waals surface area contributed by atoms with E-state index in [1.54, 1.807) is 18.2 Å². The summed E-state index contributed by atoms with van der Waals surface area (Å²) >= 11 is 5.66. The molecule has 0 aromatic heterocycles. The van der Waals surface area contributed by atoms with Gasteiger partial charge in [-0.05, 0) is 30.3 Å². The van der Waals surface area contributed by atoms with Gasteiger partial charge in [0.25, 0.3) is 0 Å². The van der Waals surface area contributed by atoms with E-state index < -0.39 is 17.7 Å². The molecule has 0 aliphatic heterocycles. The van der Waals surface area contributed by atoms with E-state index in [4.69, 9.17) is 11.6 Å². The molecule has 0 saturated heterocycles. The lowest BCUT2D eigenvalue weighted by atomic mass is 10.2. The molecule has 1 amide bonds. The first-order valence-corrected chi connectivity index (χ1v) is 7.05. The van der Waals surface area contributed by atoms with E-state index in [9.17, 15) is 14.0 Å². The van der Waals surface area contributed by atoms with Crippen molar-refractivity contribution < 1.29 is 18.7 Å². The number of methoxy groups -OCH3 is 1. The molecule has 2 N–H and O–H groups in total. The number of anilines is 2. The topological polar surface area (TPSA) is 67.4 Å². The average molecular weight is 337 g/mol. The summed E-state index contributed by atoms with van der Waals surface area (Å²) in [7, 11) is 1.26. The first-order chi connectivity index (χ1) is 11.0. The number of amides is 1. The predicted molar refractivity (Wildman–Crippen MR) is 86.3 cm³/mol. The molecule has 0 unspecified atom stereocenters. The highest BCUT2D eigenvalue weighted by molar-refractivity contribution is 6.30. The van der Waals surface area contributed by atoms with E-state index in [2.05, 4.69) is 15.4 Å². The Bertz CT molecular complexity index is 737. The maximum Gasteiger partial charge on any atom is 0.339 e. The Hall–Kier alpha value is -2.60. The van der Waals surface area contributed by atoms with Gasteiger partial charge in [0, 0.05) is 5.02 Å². The molecule has 120 valence electrons. The molecule has 0 aliphatic carbocycles. The van der Waals surface area contributed by atoms with Crippen LogP contribution >= 0.6 is 11.6 Å². The monoisotopic (exact) mass is 336 g/mol. The van der Waals surface area contributed by atoms with E-state index in [1.165, 1.54) is 25.3 Å². The van der Waals surface area contributed by atoms with Crippen LogP contribution in [0.15, 0.2) is 42.5 Å². The van der Waals surface area contributed by atoms with Gasteiger partial charge in [0.1, 0.15) is 5.82 Å². The fourth-order valence-corrected chi connectivity index (χ4v) is 2.04. The SMILES string of the molecule is COC(=O)c1ccccc1NC(=O)CNc1ccc(Cl)cc1F. The Morgan fingerprint density at radius 3 is 2.61 bits per heavy atom. The summed E-state index contributed by atoms with van der Waals surface area (Å²) in [5, 5.41) is 5.51. The Morgan fingerprint density at radius 1 is 1.17 bits per heavy atom. The molecule has 0 radical (unpaired) electrons. The fourth-order valence-electron chi connectivity index (χ4n) is 1.88. The molecule has 0 aliphatic rings. The number of ether oxygens (including phenoxy) is 1. The standard InChI is InChI=1S/C16H14ClFN2O3/c1-23-16(22)11-4-2-3-5-13(11)20-15(21)9-19-14-7-6-10(17)8-12(14)18/h2-8,19H,9H2,1H3,(H,20,21). The third-order valence-corrected chi connectivity index (χ3v) is 3.21. The number of hydrogen-bond donors (Lipinski definition) is 2. The predicted octanol–water partition coefficient (Wildman–Crippen LogP) is 3.32. The minimum atomic E-state index is -0.558. The van der Waals surface area contributed by atoms with Crippen LogP contribution in [0.2, 0.25) is 5.02 Å². The van der Waals surface area contributed by atoms with E-state index in [0.29, 0.717) is 5.69 Å². The van der Waals surface area contributed by atoms with Gasteiger partial charge in [0.2, 0.25) is 5.91 Å². The van der Waals surface area contributed by atoms with Crippen molar-refractivity contribution in [2.24, 2.45) is 0 Å². The summed E-state index contributed by atoms with van der Waals surface area (Å²) in [6.45, 7) is -0.173. The van der Waals surface area contributed by atoms with Gasteiger partial charge in [-0.25, -0.2) is 9.18 Å². The number of nitrogens with one attached hydrogen (secondary N) is 2. The number of benzene rings is 2. The Balaban J connectivity index is 2.01. The molecule has 0 spiro atoms. The molecule has 2 aromatic carbocycles. The number of para-hydroxylation sites is 1. The van der Waals surface area contributed by atoms with Crippen LogP contribution < -0.4 is 10.6 Å². The van der Waals surface area contributed by atoms with Crippen LogP contribution in [0.3, 0.4) is 0 Å². The minimum Gasteiger partial charge on any atom is -0.465 e. The van der Waals surface area contributed by atoms with Crippen molar-refractivity contribution >= 4 is 34.9 Å². The van der Waals surface area contributed by atoms with Gasteiger partial charge in [0.05, 0.1) is 30.6 Å². The molecule has 7 heteroatoms. The van der Waals surface area contributed by atoms with Crippen LogP contribution in [0.1, 0.15) is 10.4 Å². The zero-order valence-electron chi connectivity index (χ0n) is 12.2.